The molecule has 2 aromatic heterocycles. The third-order valence-electron chi connectivity index (χ3n) is 3.91. The topological polar surface area (TPSA) is 120 Å². The molecule has 0 aliphatic carbocycles. The van der Waals surface area contributed by atoms with Crippen LogP contribution in [0.4, 0.5) is 0 Å². The lowest BCUT2D eigenvalue weighted by Gasteiger charge is -2.05. The van der Waals surface area contributed by atoms with Gasteiger partial charge in [-0.1, -0.05) is 24.3 Å². The third kappa shape index (κ3) is 3.81. The fourth-order valence-corrected chi connectivity index (χ4v) is 2.42. The SMILES string of the molecule is COC(C=O)Cc1cn(-c2ccc(-c3ccc(C(=N)N)cc3)nn2)cn1. The van der Waals surface area contributed by atoms with Crippen LogP contribution >= 0.6 is 0 Å². The van der Waals surface area contributed by atoms with E-state index in [1.807, 2.05) is 24.3 Å². The van der Waals surface area contributed by atoms with Crippen molar-refractivity contribution in [1.82, 2.24) is 19.7 Å². The van der Waals surface area contributed by atoms with Crippen molar-refractivity contribution in [3.8, 4) is 17.1 Å². The summed E-state index contributed by atoms with van der Waals surface area (Å²) in [5.41, 5.74) is 8.44. The number of ether oxygens (including phenoxy) is 1. The lowest BCUT2D eigenvalue weighted by Crippen LogP contribution is -2.15. The quantitative estimate of drug-likeness (QED) is 0.377. The van der Waals surface area contributed by atoms with Gasteiger partial charge in [0.2, 0.25) is 0 Å². The molecule has 3 N–H and O–H groups in total. The molecule has 3 rings (SSSR count). The molecule has 0 saturated carbocycles. The molecule has 1 unspecified atom stereocenters. The molecule has 132 valence electrons. The number of nitrogens with one attached hydrogen (secondary N) is 1. The minimum Gasteiger partial charge on any atom is -0.384 e. The Morgan fingerprint density at radius 3 is 2.62 bits per heavy atom. The van der Waals surface area contributed by atoms with E-state index in [0.717, 1.165) is 17.5 Å². The first kappa shape index (κ1) is 17.4. The van der Waals surface area contributed by atoms with Gasteiger partial charge in [0.15, 0.2) is 5.82 Å². The summed E-state index contributed by atoms with van der Waals surface area (Å²) in [6.45, 7) is 0. The second kappa shape index (κ2) is 7.66. The Bertz CT molecular complexity index is 902. The number of carbonyl (C=O) groups excluding carboxylic acids is 1. The summed E-state index contributed by atoms with van der Waals surface area (Å²) in [5, 5.41) is 15.9. The number of hydrogen-bond acceptors (Lipinski definition) is 6. The van der Waals surface area contributed by atoms with Gasteiger partial charge in [0.05, 0.1) is 11.4 Å². The molecule has 0 saturated heterocycles. The van der Waals surface area contributed by atoms with E-state index in [9.17, 15) is 4.79 Å². The summed E-state index contributed by atoms with van der Waals surface area (Å²) in [7, 11) is 1.49. The van der Waals surface area contributed by atoms with Crippen LogP contribution in [0.15, 0.2) is 48.9 Å². The van der Waals surface area contributed by atoms with Crippen LogP contribution in [-0.2, 0) is 16.0 Å². The Labute approximate surface area is 150 Å². The summed E-state index contributed by atoms with van der Waals surface area (Å²) in [5.74, 6) is 0.645. The zero-order valence-electron chi connectivity index (χ0n) is 14.2. The van der Waals surface area contributed by atoms with Gasteiger partial charge < -0.3 is 15.3 Å². The number of rotatable bonds is 7. The molecular formula is C18H18N6O2. The summed E-state index contributed by atoms with van der Waals surface area (Å²) < 4.78 is 6.78. The van der Waals surface area contributed by atoms with E-state index >= 15 is 0 Å². The summed E-state index contributed by atoms with van der Waals surface area (Å²) in [6, 6.07) is 10.9. The highest BCUT2D eigenvalue weighted by Crippen LogP contribution is 2.18. The van der Waals surface area contributed by atoms with E-state index in [4.69, 9.17) is 15.9 Å². The number of amidine groups is 1. The van der Waals surface area contributed by atoms with Crippen LogP contribution in [0.25, 0.3) is 17.1 Å². The predicted molar refractivity (Wildman–Crippen MR) is 96.2 cm³/mol. The van der Waals surface area contributed by atoms with Gasteiger partial charge >= 0.3 is 0 Å². The standard InChI is InChI=1S/C18H18N6O2/c1-26-15(10-25)8-14-9-24(11-21-14)17-7-6-16(22-23-17)12-2-4-13(5-3-12)18(19)20/h2-7,9-11,15H,8H2,1H3,(H3,19,20). The van der Waals surface area contributed by atoms with Crippen molar-refractivity contribution in [2.45, 2.75) is 12.5 Å². The molecule has 1 aromatic carbocycles. The lowest BCUT2D eigenvalue weighted by atomic mass is 10.1. The smallest absolute Gasteiger partial charge is 0.160 e. The lowest BCUT2D eigenvalue weighted by molar-refractivity contribution is -0.116. The normalized spacial score (nSPS) is 11.9. The van der Waals surface area contributed by atoms with Gasteiger partial charge in [0.25, 0.3) is 0 Å². The number of imidazole rings is 1. The number of nitrogen functional groups attached to an aromatic ring is 1. The first-order valence-electron chi connectivity index (χ1n) is 7.90. The highest BCUT2D eigenvalue weighted by Gasteiger charge is 2.10. The number of carbonyl (C=O) groups is 1. The number of aldehydes is 1. The Hall–Kier alpha value is -3.39. The fraction of sp³-hybridized carbons (Fsp3) is 0.167. The van der Waals surface area contributed by atoms with E-state index in [1.165, 1.54) is 7.11 Å². The monoisotopic (exact) mass is 350 g/mol. The van der Waals surface area contributed by atoms with E-state index in [-0.39, 0.29) is 5.84 Å². The molecule has 0 fully saturated rings. The number of methoxy groups -OCH3 is 1. The van der Waals surface area contributed by atoms with Gasteiger partial charge in [0, 0.05) is 30.9 Å². The van der Waals surface area contributed by atoms with Crippen LogP contribution < -0.4 is 5.73 Å². The molecule has 0 aliphatic heterocycles. The Morgan fingerprint density at radius 2 is 2.04 bits per heavy atom. The highest BCUT2D eigenvalue weighted by molar-refractivity contribution is 5.95. The van der Waals surface area contributed by atoms with E-state index in [1.54, 1.807) is 29.2 Å². The van der Waals surface area contributed by atoms with Crippen molar-refractivity contribution in [3.05, 3.63) is 60.2 Å². The van der Waals surface area contributed by atoms with Crippen molar-refractivity contribution in [3.63, 3.8) is 0 Å². The number of nitrogens with zero attached hydrogens (tertiary/aromatic N) is 4. The van der Waals surface area contributed by atoms with Crippen LogP contribution in [0, 0.1) is 5.41 Å². The van der Waals surface area contributed by atoms with E-state index in [0.29, 0.717) is 23.5 Å². The minimum atomic E-state index is -0.509. The second-order valence-electron chi connectivity index (χ2n) is 5.65. The van der Waals surface area contributed by atoms with Gasteiger partial charge in [0.1, 0.15) is 24.6 Å². The average Bonchev–Trinajstić information content (AvgIpc) is 3.15. The van der Waals surface area contributed by atoms with Crippen molar-refractivity contribution in [2.75, 3.05) is 7.11 Å². The maximum absolute atomic E-state index is 10.8. The van der Waals surface area contributed by atoms with E-state index < -0.39 is 6.10 Å². The Kier molecular flexibility index (Phi) is 5.14. The summed E-state index contributed by atoms with van der Waals surface area (Å²) in [4.78, 5) is 15.1. The van der Waals surface area contributed by atoms with Crippen LogP contribution in [0.3, 0.4) is 0 Å². The molecule has 0 amide bonds. The summed E-state index contributed by atoms with van der Waals surface area (Å²) >= 11 is 0. The van der Waals surface area contributed by atoms with Crippen molar-refractivity contribution < 1.29 is 9.53 Å². The highest BCUT2D eigenvalue weighted by atomic mass is 16.5. The molecule has 3 aromatic rings. The van der Waals surface area contributed by atoms with Crippen LogP contribution in [-0.4, -0.2) is 45.1 Å². The van der Waals surface area contributed by atoms with Crippen molar-refractivity contribution in [2.24, 2.45) is 5.73 Å². The minimum absolute atomic E-state index is 0.0270. The Balaban J connectivity index is 1.76. The number of aromatic nitrogens is 4. The molecular weight excluding hydrogens is 332 g/mol. The van der Waals surface area contributed by atoms with Crippen molar-refractivity contribution in [1.29, 1.82) is 5.41 Å². The molecule has 0 spiro atoms. The van der Waals surface area contributed by atoms with Crippen LogP contribution in [0.2, 0.25) is 0 Å². The molecule has 8 heteroatoms. The maximum atomic E-state index is 10.8. The average molecular weight is 350 g/mol. The largest absolute Gasteiger partial charge is 0.384 e. The fourth-order valence-electron chi connectivity index (χ4n) is 2.42. The number of nitrogens with two attached hydrogens (primary N) is 1. The number of hydrogen-bond donors (Lipinski definition) is 2. The second-order valence-corrected chi connectivity index (χ2v) is 5.65. The molecule has 0 bridgehead atoms. The van der Waals surface area contributed by atoms with Gasteiger partial charge in [-0.2, -0.15) is 0 Å². The maximum Gasteiger partial charge on any atom is 0.160 e. The first-order valence-corrected chi connectivity index (χ1v) is 7.90. The molecule has 2 heterocycles. The van der Waals surface area contributed by atoms with E-state index in [2.05, 4.69) is 15.2 Å². The molecule has 8 nitrogen and oxygen atoms in total. The first-order chi connectivity index (χ1) is 12.6. The van der Waals surface area contributed by atoms with Gasteiger partial charge in [-0.25, -0.2) is 4.98 Å². The van der Waals surface area contributed by atoms with Crippen molar-refractivity contribution >= 4 is 12.1 Å². The van der Waals surface area contributed by atoms with Gasteiger partial charge in [-0.05, 0) is 12.1 Å². The predicted octanol–water partition coefficient (Wildman–Crippen LogP) is 1.37. The van der Waals surface area contributed by atoms with Crippen LogP contribution in [0.1, 0.15) is 11.3 Å². The number of benzene rings is 1. The molecule has 26 heavy (non-hydrogen) atoms. The van der Waals surface area contributed by atoms with Gasteiger partial charge in [-0.15, -0.1) is 10.2 Å². The zero-order valence-corrected chi connectivity index (χ0v) is 14.2. The summed E-state index contributed by atoms with van der Waals surface area (Å²) in [6.07, 6.45) is 4.07. The third-order valence-corrected chi connectivity index (χ3v) is 3.91. The molecule has 1 atom stereocenters. The Morgan fingerprint density at radius 1 is 1.27 bits per heavy atom. The zero-order chi connectivity index (χ0) is 18.5. The molecule has 0 radical (unpaired) electrons. The van der Waals surface area contributed by atoms with Crippen LogP contribution in [0.5, 0.6) is 0 Å². The molecule has 0 aliphatic rings. The van der Waals surface area contributed by atoms with Gasteiger partial charge in [-0.3, -0.25) is 9.98 Å².